The number of ketones is 2. The topological polar surface area (TPSA) is 259 Å². The predicted octanol–water partition coefficient (Wildman–Crippen LogP) is 10.7. The number of nitrogens with zero attached hydrogens (tertiary/aromatic N) is 3. The molecule has 6 aromatic rings. The van der Waals surface area contributed by atoms with Crippen molar-refractivity contribution in [2.75, 3.05) is 19.6 Å². The van der Waals surface area contributed by atoms with E-state index < -0.39 is 55.4 Å². The number of Topliss-reactive ketones (excluding diaryl/α,β-unsaturated/α-hetero) is 2. The zero-order chi connectivity index (χ0) is 55.3. The molecule has 3 aromatic carbocycles. The van der Waals surface area contributed by atoms with Gasteiger partial charge in [0.25, 0.3) is 5.91 Å². The van der Waals surface area contributed by atoms with Crippen LogP contribution in [0.4, 0.5) is 0 Å². The van der Waals surface area contributed by atoms with E-state index in [9.17, 15) is 33.6 Å². The second-order valence-electron chi connectivity index (χ2n) is 21.8. The van der Waals surface area contributed by atoms with Crippen molar-refractivity contribution in [2.24, 2.45) is 26.8 Å². The molecule has 4 aliphatic rings. The van der Waals surface area contributed by atoms with Gasteiger partial charge in [-0.3, -0.25) is 33.6 Å². The van der Waals surface area contributed by atoms with E-state index in [1.54, 1.807) is 0 Å². The van der Waals surface area contributed by atoms with Crippen molar-refractivity contribution in [3.63, 3.8) is 0 Å². The maximum absolute atomic E-state index is 14.5. The molecule has 2 amide bonds. The molecule has 18 nitrogen and oxygen atoms in total. The van der Waals surface area contributed by atoms with Crippen LogP contribution in [0.25, 0.3) is 10.4 Å². The van der Waals surface area contributed by atoms with Gasteiger partial charge in [-0.15, -0.1) is 0 Å². The first kappa shape index (κ1) is 55.3. The highest BCUT2D eigenvalue weighted by atomic mass is 16.5. The second kappa shape index (κ2) is 24.9. The Kier molecular flexibility index (Phi) is 17.4. The van der Waals surface area contributed by atoms with E-state index in [1.807, 2.05) is 91.0 Å². The van der Waals surface area contributed by atoms with Crippen LogP contribution in [-0.4, -0.2) is 43.0 Å². The molecule has 2 unspecified atom stereocenters. The van der Waals surface area contributed by atoms with E-state index >= 15 is 0 Å². The molecule has 0 saturated heterocycles. The van der Waals surface area contributed by atoms with E-state index in [0.717, 1.165) is 23.0 Å². The molecule has 410 valence electrons. The average molecular weight is 1070 g/mol. The van der Waals surface area contributed by atoms with Crippen LogP contribution in [-0.2, 0) is 24.6 Å². The number of benzene rings is 3. The molecule has 0 radical (unpaired) electrons. The number of carbonyl (C=O) groups is 4. The fraction of sp³-hybridized carbons (Fsp3) is 0.393. The normalized spacial score (nSPS) is 20.6. The second-order valence-corrected chi connectivity index (χ2v) is 21.8. The molecule has 0 aliphatic heterocycles. The Balaban J connectivity index is 1.03. The molecular formula is C61H63N5O13. The van der Waals surface area contributed by atoms with Crippen molar-refractivity contribution in [1.82, 2.24) is 10.6 Å². The lowest BCUT2D eigenvalue weighted by atomic mass is 9.34. The van der Waals surface area contributed by atoms with Gasteiger partial charge in [-0.05, 0) is 108 Å². The number of unbranched alkanes of at least 4 members (excludes halogenated alkanes) is 2. The summed E-state index contributed by atoms with van der Waals surface area (Å²) in [6, 6.07) is 31.3. The summed E-state index contributed by atoms with van der Waals surface area (Å²) in [7, 11) is 0. The predicted molar refractivity (Wildman–Crippen MR) is 290 cm³/mol. The Morgan fingerprint density at radius 2 is 0.886 bits per heavy atom. The number of hydrogen-bond acceptors (Lipinski definition) is 14. The summed E-state index contributed by atoms with van der Waals surface area (Å²) >= 11 is 0. The quantitative estimate of drug-likeness (QED) is 0.0152. The smallest absolute Gasteiger partial charge is 0.291 e. The van der Waals surface area contributed by atoms with Crippen molar-refractivity contribution < 1.29 is 46.6 Å². The minimum absolute atomic E-state index is 0.00632. The standard InChI is InChI=1S/C61H63N5O13/c62-66-65-27-12-4-11-19-50(72)63-40-60-35-58(25-20-45(67)51-53(47(69)22-28-74-51)77-31-42-13-5-1-6-14-42)34-59(36-60,26-21-46(68)52-54(48(70)23-29-75-52)78-32-43-15-7-2-8-16-43)38-61(37-58,39-60)41-64-57(73)56-55(49(71)24-30-76-56)79-33-44-17-9-3-10-18-44/h1-3,5-10,13-18,22-24,28-30H,4,11-12,19-21,25-27,31-41H2,(H,63,72)(H,64,73)/t58-,59+,60?,61?. The lowest BCUT2D eigenvalue weighted by Crippen LogP contribution is -2.65. The first-order valence-corrected chi connectivity index (χ1v) is 26.8. The van der Waals surface area contributed by atoms with E-state index in [0.29, 0.717) is 77.2 Å². The Bertz CT molecular complexity index is 3040. The molecule has 4 atom stereocenters. The number of amides is 2. The van der Waals surface area contributed by atoms with Gasteiger partial charge >= 0.3 is 0 Å². The van der Waals surface area contributed by atoms with Crippen molar-refractivity contribution in [3.05, 3.63) is 203 Å². The van der Waals surface area contributed by atoms with Crippen LogP contribution < -0.4 is 41.1 Å². The van der Waals surface area contributed by atoms with Gasteiger partial charge in [-0.1, -0.05) is 103 Å². The highest BCUT2D eigenvalue weighted by Crippen LogP contribution is 2.75. The molecule has 2 N–H and O–H groups in total. The summed E-state index contributed by atoms with van der Waals surface area (Å²) in [6.07, 6.45) is 9.64. The third kappa shape index (κ3) is 13.6. The highest BCUT2D eigenvalue weighted by molar-refractivity contribution is 5.96. The molecular weight excluding hydrogens is 1010 g/mol. The number of ether oxygens (including phenoxy) is 3. The van der Waals surface area contributed by atoms with Crippen LogP contribution in [0.15, 0.2) is 161 Å². The Labute approximate surface area is 455 Å². The van der Waals surface area contributed by atoms with Gasteiger partial charge in [0.05, 0.1) is 18.8 Å². The molecule has 79 heavy (non-hydrogen) atoms. The van der Waals surface area contributed by atoms with Crippen molar-refractivity contribution in [3.8, 4) is 17.2 Å². The molecule has 4 saturated carbocycles. The Morgan fingerprint density at radius 3 is 1.33 bits per heavy atom. The third-order valence-electron chi connectivity index (χ3n) is 15.7. The maximum Gasteiger partial charge on any atom is 0.291 e. The minimum Gasteiger partial charge on any atom is -0.481 e. The summed E-state index contributed by atoms with van der Waals surface area (Å²) in [6.45, 7) is 0.771. The van der Waals surface area contributed by atoms with Crippen LogP contribution >= 0.6 is 0 Å². The lowest BCUT2D eigenvalue weighted by molar-refractivity contribution is -0.202. The summed E-state index contributed by atoms with van der Waals surface area (Å²) < 4.78 is 35.2. The van der Waals surface area contributed by atoms with Gasteiger partial charge in [0.2, 0.25) is 68.3 Å². The molecule has 4 bridgehead atoms. The van der Waals surface area contributed by atoms with Gasteiger partial charge < -0.3 is 38.1 Å². The zero-order valence-corrected chi connectivity index (χ0v) is 43.9. The first-order chi connectivity index (χ1) is 38.3. The average Bonchev–Trinajstić information content (AvgIpc) is 3.31. The van der Waals surface area contributed by atoms with E-state index in [-0.39, 0.29) is 92.6 Å². The number of azide groups is 1. The number of hydrogen-bond donors (Lipinski definition) is 2. The van der Waals surface area contributed by atoms with E-state index in [4.69, 9.17) is 33.0 Å². The molecule has 3 aromatic heterocycles. The minimum atomic E-state index is -0.685. The number of rotatable bonds is 28. The Hall–Kier alpha value is -8.50. The monoisotopic (exact) mass is 1070 g/mol. The largest absolute Gasteiger partial charge is 0.481 e. The number of nitrogens with one attached hydrogen (secondary N) is 2. The maximum atomic E-state index is 14.5. The molecule has 0 spiro atoms. The van der Waals surface area contributed by atoms with Crippen LogP contribution in [0.5, 0.6) is 17.2 Å². The van der Waals surface area contributed by atoms with Gasteiger partial charge in [0.1, 0.15) is 19.8 Å². The molecule has 4 aliphatic carbocycles. The summed E-state index contributed by atoms with van der Waals surface area (Å²) in [5.74, 6) is -2.98. The molecule has 3 heterocycles. The van der Waals surface area contributed by atoms with E-state index in [1.165, 1.54) is 30.7 Å². The fourth-order valence-corrected chi connectivity index (χ4v) is 13.2. The van der Waals surface area contributed by atoms with Crippen molar-refractivity contribution >= 4 is 23.4 Å². The van der Waals surface area contributed by atoms with Crippen LogP contribution in [0.2, 0.25) is 0 Å². The number of carbonyl (C=O) groups excluding carboxylic acids is 4. The molecule has 18 heteroatoms. The fourth-order valence-electron chi connectivity index (χ4n) is 13.2. The highest BCUT2D eigenvalue weighted by Gasteiger charge is 2.67. The Morgan fingerprint density at radius 1 is 0.494 bits per heavy atom. The van der Waals surface area contributed by atoms with Crippen molar-refractivity contribution in [2.45, 2.75) is 110 Å². The van der Waals surface area contributed by atoms with Crippen LogP contribution in [0, 0.1) is 21.7 Å². The van der Waals surface area contributed by atoms with Gasteiger partial charge in [-0.2, -0.15) is 0 Å². The van der Waals surface area contributed by atoms with Gasteiger partial charge in [-0.25, -0.2) is 0 Å². The summed E-state index contributed by atoms with van der Waals surface area (Å²) in [5.41, 5.74) is 6.99. The lowest BCUT2D eigenvalue weighted by Gasteiger charge is -2.71. The summed E-state index contributed by atoms with van der Waals surface area (Å²) in [4.78, 5) is 99.8. The molecule has 4 fully saturated rings. The van der Waals surface area contributed by atoms with Crippen molar-refractivity contribution in [1.29, 1.82) is 0 Å². The molecule has 10 rings (SSSR count). The van der Waals surface area contributed by atoms with Crippen LogP contribution in [0.1, 0.15) is 138 Å². The van der Waals surface area contributed by atoms with Gasteiger partial charge in [0.15, 0.2) is 0 Å². The SMILES string of the molecule is [N-]=[N+]=NCCCCCC(=O)NCC12CC3(CNC(=O)c4occc(=O)c4OCc4ccccc4)C[C@](CCC(=O)c4occc(=O)c4OCc4ccccc4)(C1)C[C@](CCC(=O)c1occc(=O)c1OCc1ccccc1)(C2)C3. The zero-order valence-electron chi connectivity index (χ0n) is 43.9. The first-order valence-electron chi connectivity index (χ1n) is 26.8. The summed E-state index contributed by atoms with van der Waals surface area (Å²) in [5, 5.41) is 9.96. The third-order valence-corrected chi connectivity index (χ3v) is 15.7. The van der Waals surface area contributed by atoms with Gasteiger partial charge in [0, 0.05) is 62.0 Å². The van der Waals surface area contributed by atoms with Crippen LogP contribution in [0.3, 0.4) is 0 Å². The van der Waals surface area contributed by atoms with E-state index in [2.05, 4.69) is 20.7 Å².